The molecule has 0 spiro atoms. The van der Waals surface area contributed by atoms with Crippen molar-refractivity contribution in [1.29, 1.82) is 0 Å². The van der Waals surface area contributed by atoms with Crippen LogP contribution < -0.4 is 5.73 Å². The zero-order valence-electron chi connectivity index (χ0n) is 17.6. The predicted octanol–water partition coefficient (Wildman–Crippen LogP) is 4.23. The molecule has 1 aromatic carbocycles. The molecule has 0 bridgehead atoms. The van der Waals surface area contributed by atoms with Gasteiger partial charge in [-0.25, -0.2) is 13.2 Å². The maximum atomic E-state index is 13.9. The highest BCUT2D eigenvalue weighted by molar-refractivity contribution is 5.96. The summed E-state index contributed by atoms with van der Waals surface area (Å²) in [5.74, 6) is -2.87. The molecule has 1 amide bonds. The molecule has 0 aromatic heterocycles. The van der Waals surface area contributed by atoms with Crippen LogP contribution in [0.25, 0.3) is 0 Å². The Hall–Kier alpha value is -2.41. The number of carbonyl (C=O) groups is 2. The molecular formula is C24H29F3N2O2. The predicted molar refractivity (Wildman–Crippen MR) is 113 cm³/mol. The monoisotopic (exact) mass is 434 g/mol. The minimum atomic E-state index is -1.21. The standard InChI is InChI=1S/C24H29F3N2O2/c25-19-15-21(27)20(26)13-18(19)14-22(28)16-9-11-29(12-10-16)24(31)8-4-7-23(30)17-5-2-1-3-6-17/h1-2,5,13,15-16,22H,3-4,6-12,14,28H2. The van der Waals surface area contributed by atoms with E-state index in [1.54, 1.807) is 4.90 Å². The molecule has 0 saturated carbocycles. The van der Waals surface area contributed by atoms with E-state index < -0.39 is 23.5 Å². The average molecular weight is 435 g/mol. The van der Waals surface area contributed by atoms with E-state index in [-0.39, 0.29) is 29.6 Å². The number of rotatable bonds is 8. The Bertz CT molecular complexity index is 874. The van der Waals surface area contributed by atoms with Gasteiger partial charge in [-0.3, -0.25) is 9.59 Å². The van der Waals surface area contributed by atoms with Crippen molar-refractivity contribution in [3.05, 3.63) is 58.9 Å². The molecule has 1 fully saturated rings. The Morgan fingerprint density at radius 1 is 1.06 bits per heavy atom. The average Bonchev–Trinajstić information content (AvgIpc) is 2.78. The van der Waals surface area contributed by atoms with E-state index in [2.05, 4.69) is 0 Å². The summed E-state index contributed by atoms with van der Waals surface area (Å²) in [7, 11) is 0. The Balaban J connectivity index is 1.41. The van der Waals surface area contributed by atoms with E-state index in [0.29, 0.717) is 51.3 Å². The van der Waals surface area contributed by atoms with E-state index in [9.17, 15) is 22.8 Å². The van der Waals surface area contributed by atoms with Crippen molar-refractivity contribution in [2.75, 3.05) is 13.1 Å². The molecule has 3 rings (SSSR count). The van der Waals surface area contributed by atoms with Gasteiger partial charge in [-0.15, -0.1) is 0 Å². The molecule has 2 aliphatic rings. The number of ketones is 1. The number of allylic oxidation sites excluding steroid dienone is 4. The summed E-state index contributed by atoms with van der Waals surface area (Å²) in [6.07, 6.45) is 10.2. The van der Waals surface area contributed by atoms with Gasteiger partial charge in [0.2, 0.25) is 5.91 Å². The second kappa shape index (κ2) is 10.8. The Labute approximate surface area is 181 Å². The molecule has 1 aliphatic heterocycles. The largest absolute Gasteiger partial charge is 0.343 e. The quantitative estimate of drug-likeness (QED) is 0.623. The van der Waals surface area contributed by atoms with Crippen molar-refractivity contribution in [3.63, 3.8) is 0 Å². The van der Waals surface area contributed by atoms with Crippen molar-refractivity contribution in [2.24, 2.45) is 11.7 Å². The number of piperidine rings is 1. The lowest BCUT2D eigenvalue weighted by atomic mass is 9.86. The summed E-state index contributed by atoms with van der Waals surface area (Å²) in [5.41, 5.74) is 7.11. The lowest BCUT2D eigenvalue weighted by Crippen LogP contribution is -2.44. The number of halogens is 3. The molecule has 168 valence electrons. The number of nitrogens with two attached hydrogens (primary N) is 1. The highest BCUT2D eigenvalue weighted by Gasteiger charge is 2.27. The van der Waals surface area contributed by atoms with Crippen LogP contribution in [-0.2, 0) is 16.0 Å². The number of Topliss-reactive ketones (excluding diaryl/α,β-unsaturated/α-hetero) is 1. The smallest absolute Gasteiger partial charge is 0.222 e. The topological polar surface area (TPSA) is 63.4 Å². The van der Waals surface area contributed by atoms with Gasteiger partial charge >= 0.3 is 0 Å². The van der Waals surface area contributed by atoms with E-state index in [0.717, 1.165) is 24.5 Å². The number of nitrogens with zero attached hydrogens (tertiary/aromatic N) is 1. The van der Waals surface area contributed by atoms with Crippen LogP contribution in [0.15, 0.2) is 35.9 Å². The first kappa shape index (κ1) is 23.3. The number of hydrogen-bond donors (Lipinski definition) is 1. The summed E-state index contributed by atoms with van der Waals surface area (Å²) < 4.78 is 40.4. The molecule has 1 atom stereocenters. The Morgan fingerprint density at radius 2 is 1.77 bits per heavy atom. The minimum Gasteiger partial charge on any atom is -0.343 e. The van der Waals surface area contributed by atoms with Gasteiger partial charge in [0.25, 0.3) is 0 Å². The van der Waals surface area contributed by atoms with Gasteiger partial charge in [-0.1, -0.05) is 18.2 Å². The van der Waals surface area contributed by atoms with Gasteiger partial charge in [0.1, 0.15) is 5.82 Å². The third-order valence-electron chi connectivity index (χ3n) is 6.21. The second-order valence-electron chi connectivity index (χ2n) is 8.38. The molecule has 1 unspecified atom stereocenters. The molecule has 7 heteroatoms. The zero-order chi connectivity index (χ0) is 22.4. The van der Waals surface area contributed by atoms with E-state index in [4.69, 9.17) is 5.73 Å². The van der Waals surface area contributed by atoms with Crippen LogP contribution in [0.1, 0.15) is 50.5 Å². The molecule has 1 aromatic rings. The Kier molecular flexibility index (Phi) is 8.07. The molecule has 2 N–H and O–H groups in total. The zero-order valence-corrected chi connectivity index (χ0v) is 17.6. The lowest BCUT2D eigenvalue weighted by Gasteiger charge is -2.35. The summed E-state index contributed by atoms with van der Waals surface area (Å²) in [4.78, 5) is 26.4. The second-order valence-corrected chi connectivity index (χ2v) is 8.38. The van der Waals surface area contributed by atoms with Crippen LogP contribution in [0.3, 0.4) is 0 Å². The van der Waals surface area contributed by atoms with Gasteiger partial charge < -0.3 is 10.6 Å². The van der Waals surface area contributed by atoms with Crippen molar-refractivity contribution in [1.82, 2.24) is 4.90 Å². The third kappa shape index (κ3) is 6.29. The summed E-state index contributed by atoms with van der Waals surface area (Å²) in [6.45, 7) is 1.11. The van der Waals surface area contributed by atoms with Gasteiger partial charge in [0, 0.05) is 38.0 Å². The fourth-order valence-corrected chi connectivity index (χ4v) is 4.27. The van der Waals surface area contributed by atoms with E-state index in [1.807, 2.05) is 18.2 Å². The van der Waals surface area contributed by atoms with Gasteiger partial charge in [0.15, 0.2) is 17.4 Å². The number of carbonyl (C=O) groups excluding carboxylic acids is 2. The fourth-order valence-electron chi connectivity index (χ4n) is 4.27. The highest BCUT2D eigenvalue weighted by atomic mass is 19.2. The van der Waals surface area contributed by atoms with Crippen LogP contribution in [0.5, 0.6) is 0 Å². The summed E-state index contributed by atoms with van der Waals surface area (Å²) in [5, 5.41) is 0. The molecule has 1 heterocycles. The van der Waals surface area contributed by atoms with Gasteiger partial charge in [-0.05, 0) is 61.6 Å². The fraction of sp³-hybridized carbons (Fsp3) is 0.500. The number of likely N-dealkylation sites (tertiary alicyclic amines) is 1. The van der Waals surface area contributed by atoms with E-state index in [1.165, 1.54) is 0 Å². The van der Waals surface area contributed by atoms with Gasteiger partial charge in [0.05, 0.1) is 0 Å². The Morgan fingerprint density at radius 3 is 2.45 bits per heavy atom. The SMILES string of the molecule is NC(Cc1cc(F)c(F)cc1F)C1CCN(C(=O)CCCC(=O)C2=CC=CCC2)CC1. The van der Waals surface area contributed by atoms with Crippen molar-refractivity contribution in [3.8, 4) is 0 Å². The first-order valence-electron chi connectivity index (χ1n) is 10.9. The highest BCUT2D eigenvalue weighted by Crippen LogP contribution is 2.24. The normalized spacial score (nSPS) is 18.1. The molecule has 0 radical (unpaired) electrons. The van der Waals surface area contributed by atoms with Crippen molar-refractivity contribution in [2.45, 2.75) is 57.4 Å². The molecule has 1 aliphatic carbocycles. The van der Waals surface area contributed by atoms with Crippen LogP contribution in [0, 0.1) is 23.4 Å². The van der Waals surface area contributed by atoms with Crippen LogP contribution in [0.2, 0.25) is 0 Å². The maximum absolute atomic E-state index is 13.9. The van der Waals surface area contributed by atoms with Crippen LogP contribution in [0.4, 0.5) is 13.2 Å². The number of amides is 1. The molecule has 1 saturated heterocycles. The number of hydrogen-bond acceptors (Lipinski definition) is 3. The minimum absolute atomic E-state index is 0.0315. The first-order valence-corrected chi connectivity index (χ1v) is 10.9. The third-order valence-corrected chi connectivity index (χ3v) is 6.21. The maximum Gasteiger partial charge on any atom is 0.222 e. The van der Waals surface area contributed by atoms with Crippen LogP contribution in [-0.4, -0.2) is 35.7 Å². The molecular weight excluding hydrogens is 405 g/mol. The number of benzene rings is 1. The molecule has 31 heavy (non-hydrogen) atoms. The summed E-state index contributed by atoms with van der Waals surface area (Å²) in [6, 6.07) is 1.02. The first-order chi connectivity index (χ1) is 14.8. The van der Waals surface area contributed by atoms with E-state index >= 15 is 0 Å². The van der Waals surface area contributed by atoms with Crippen molar-refractivity contribution >= 4 is 11.7 Å². The molecule has 4 nitrogen and oxygen atoms in total. The summed E-state index contributed by atoms with van der Waals surface area (Å²) >= 11 is 0. The van der Waals surface area contributed by atoms with Gasteiger partial charge in [-0.2, -0.15) is 0 Å². The van der Waals surface area contributed by atoms with Crippen LogP contribution >= 0.6 is 0 Å². The van der Waals surface area contributed by atoms with Crippen molar-refractivity contribution < 1.29 is 22.8 Å². The lowest BCUT2D eigenvalue weighted by molar-refractivity contribution is -0.132.